The maximum Gasteiger partial charge on any atom is 0.164 e. The second-order valence-corrected chi connectivity index (χ2v) is 3.75. The molecule has 5 nitrogen and oxygen atoms in total. The Hall–Kier alpha value is -0.720. The minimum atomic E-state index is -1.54. The van der Waals surface area contributed by atoms with E-state index >= 15 is 0 Å². The molecule has 0 saturated heterocycles. The van der Waals surface area contributed by atoms with Gasteiger partial charge in [0.05, 0.1) is 12.6 Å². The third-order valence-electron chi connectivity index (χ3n) is 1.69. The second-order valence-electron chi connectivity index (χ2n) is 2.74. The smallest absolute Gasteiger partial charge is 0.164 e. The molecule has 0 aliphatic carbocycles. The van der Waals surface area contributed by atoms with Crippen LogP contribution in [-0.2, 0) is 17.5 Å². The molecule has 0 aliphatic heterocycles. The fourth-order valence-electron chi connectivity index (χ4n) is 0.897. The van der Waals surface area contributed by atoms with Gasteiger partial charge in [-0.25, -0.2) is 9.35 Å². The molecule has 6 heteroatoms. The molecule has 0 spiro atoms. The minimum Gasteiger partial charge on any atom is -0.391 e. The molecule has 0 aromatic carbocycles. The number of rotatable bonds is 4. The Balaban J connectivity index is 2.64. The summed E-state index contributed by atoms with van der Waals surface area (Å²) in [5, 5.41) is 18.7. The van der Waals surface area contributed by atoms with Crippen molar-refractivity contribution in [3.05, 3.63) is 12.3 Å². The summed E-state index contributed by atoms with van der Waals surface area (Å²) in [6.07, 6.45) is 1.90. The molecule has 3 N–H and O–H groups in total. The number of hydrogen-bond acceptors (Lipinski definition) is 3. The van der Waals surface area contributed by atoms with Crippen LogP contribution in [0, 0.1) is 0 Å². The lowest BCUT2D eigenvalue weighted by Crippen LogP contribution is -2.15. The Kier molecular flexibility index (Phi) is 3.58. The van der Waals surface area contributed by atoms with Crippen LogP contribution in [-0.4, -0.2) is 25.2 Å². The summed E-state index contributed by atoms with van der Waals surface area (Å²) in [6, 6.07) is 1.58. The first-order valence-electron chi connectivity index (χ1n) is 4.01. The zero-order valence-corrected chi connectivity index (χ0v) is 8.20. The van der Waals surface area contributed by atoms with Crippen LogP contribution in [0.4, 0.5) is 0 Å². The van der Waals surface area contributed by atoms with Gasteiger partial charge in [0, 0.05) is 6.20 Å². The molecule has 0 fully saturated rings. The van der Waals surface area contributed by atoms with Gasteiger partial charge in [-0.1, -0.05) is 6.92 Å². The van der Waals surface area contributed by atoms with Crippen molar-refractivity contribution in [2.75, 3.05) is 0 Å². The first kappa shape index (κ1) is 10.4. The van der Waals surface area contributed by atoms with E-state index in [0.717, 1.165) is 0 Å². The van der Waals surface area contributed by atoms with E-state index in [9.17, 15) is 9.32 Å². The molecule has 1 heterocycles. The van der Waals surface area contributed by atoms with Crippen LogP contribution >= 0.6 is 0 Å². The van der Waals surface area contributed by atoms with Crippen LogP contribution in [0.3, 0.4) is 0 Å². The van der Waals surface area contributed by atoms with Gasteiger partial charge in [-0.2, -0.15) is 5.10 Å². The van der Waals surface area contributed by atoms with Gasteiger partial charge in [-0.15, -0.1) is 0 Å². The second kappa shape index (κ2) is 4.50. The summed E-state index contributed by atoms with van der Waals surface area (Å²) in [5.74, 6) is 0. The third kappa shape index (κ3) is 2.91. The Bertz CT molecular complexity index is 300. The Morgan fingerprint density at radius 3 is 3.00 bits per heavy atom. The maximum absolute atomic E-state index is 10.8. The van der Waals surface area contributed by atoms with Crippen molar-refractivity contribution < 1.29 is 9.32 Å². The summed E-state index contributed by atoms with van der Waals surface area (Å²) in [6.45, 7) is 2.30. The predicted molar refractivity (Wildman–Crippen MR) is 49.1 cm³/mol. The molecule has 74 valence electrons. The molecule has 0 saturated carbocycles. The number of nitrogens with two attached hydrogens (primary N) is 1. The predicted octanol–water partition coefficient (Wildman–Crippen LogP) is -0.365. The summed E-state index contributed by atoms with van der Waals surface area (Å²) in [7, 11) is -1.54. The van der Waals surface area contributed by atoms with Gasteiger partial charge in [0.1, 0.15) is 11.0 Å². The fraction of sp³-hybridized carbons (Fsp3) is 0.571. The average Bonchev–Trinajstić information content (AvgIpc) is 2.52. The molecule has 0 amide bonds. The van der Waals surface area contributed by atoms with E-state index in [0.29, 0.717) is 18.0 Å². The van der Waals surface area contributed by atoms with Crippen LogP contribution < -0.4 is 5.14 Å². The van der Waals surface area contributed by atoms with E-state index in [-0.39, 0.29) is 0 Å². The van der Waals surface area contributed by atoms with E-state index in [1.165, 1.54) is 4.68 Å². The highest BCUT2D eigenvalue weighted by molar-refractivity contribution is 7.82. The normalized spacial score (nSPS) is 15.6. The van der Waals surface area contributed by atoms with Crippen LogP contribution in [0.25, 0.3) is 0 Å². The van der Waals surface area contributed by atoms with Gasteiger partial charge in [0.25, 0.3) is 0 Å². The minimum absolute atomic E-state index is 0.336. The lowest BCUT2D eigenvalue weighted by atomic mass is 10.3. The van der Waals surface area contributed by atoms with Gasteiger partial charge in [0.15, 0.2) is 5.03 Å². The standard InChI is InChI=1S/C7H13N3O2S/c1-2-6(11)5-10-4-3-7(9-10)13(8)12/h3-4,6,11H,2,5,8H2,1H3. The Morgan fingerprint density at radius 1 is 1.85 bits per heavy atom. The van der Waals surface area contributed by atoms with E-state index in [2.05, 4.69) is 5.10 Å². The summed E-state index contributed by atoms with van der Waals surface area (Å²) < 4.78 is 12.3. The van der Waals surface area contributed by atoms with E-state index in [1.807, 2.05) is 6.92 Å². The van der Waals surface area contributed by atoms with Crippen molar-refractivity contribution >= 4 is 11.0 Å². The van der Waals surface area contributed by atoms with Crippen molar-refractivity contribution in [2.45, 2.75) is 31.0 Å². The molecule has 1 aromatic heterocycles. The van der Waals surface area contributed by atoms with E-state index in [4.69, 9.17) is 5.14 Å². The quantitative estimate of drug-likeness (QED) is 0.701. The highest BCUT2D eigenvalue weighted by atomic mass is 32.2. The fourth-order valence-corrected chi connectivity index (χ4v) is 1.28. The molecule has 0 radical (unpaired) electrons. The van der Waals surface area contributed by atoms with Gasteiger partial charge in [0.2, 0.25) is 0 Å². The molecular formula is C7H13N3O2S. The Labute approximate surface area is 79.1 Å². The molecular weight excluding hydrogens is 190 g/mol. The lowest BCUT2D eigenvalue weighted by molar-refractivity contribution is 0.144. The monoisotopic (exact) mass is 203 g/mol. The zero-order valence-electron chi connectivity index (χ0n) is 7.38. The number of aliphatic hydroxyl groups is 1. The van der Waals surface area contributed by atoms with Crippen LogP contribution in [0.2, 0.25) is 0 Å². The first-order valence-corrected chi connectivity index (χ1v) is 5.22. The summed E-state index contributed by atoms with van der Waals surface area (Å²) >= 11 is 0. The molecule has 2 atom stereocenters. The number of nitrogens with zero attached hydrogens (tertiary/aromatic N) is 2. The van der Waals surface area contributed by atoms with Crippen molar-refractivity contribution in [1.29, 1.82) is 0 Å². The van der Waals surface area contributed by atoms with Crippen molar-refractivity contribution in [3.63, 3.8) is 0 Å². The first-order chi connectivity index (χ1) is 6.13. The van der Waals surface area contributed by atoms with Gasteiger partial charge in [-0.05, 0) is 12.5 Å². The highest BCUT2D eigenvalue weighted by Gasteiger charge is 2.06. The lowest BCUT2D eigenvalue weighted by Gasteiger charge is -2.06. The average molecular weight is 203 g/mol. The number of hydrogen-bond donors (Lipinski definition) is 2. The topological polar surface area (TPSA) is 81.1 Å². The summed E-state index contributed by atoms with van der Waals surface area (Å²) in [4.78, 5) is 0. The zero-order chi connectivity index (χ0) is 9.84. The molecule has 2 unspecified atom stereocenters. The largest absolute Gasteiger partial charge is 0.391 e. The Morgan fingerprint density at radius 2 is 2.54 bits per heavy atom. The van der Waals surface area contributed by atoms with Crippen LogP contribution in [0.15, 0.2) is 17.3 Å². The molecule has 1 aromatic rings. The van der Waals surface area contributed by atoms with Gasteiger partial charge >= 0.3 is 0 Å². The van der Waals surface area contributed by atoms with Crippen molar-refractivity contribution in [3.8, 4) is 0 Å². The van der Waals surface area contributed by atoms with Crippen molar-refractivity contribution in [2.24, 2.45) is 5.14 Å². The third-order valence-corrected chi connectivity index (χ3v) is 2.32. The van der Waals surface area contributed by atoms with E-state index in [1.54, 1.807) is 12.3 Å². The SMILES string of the molecule is CCC(O)Cn1ccc(S(N)=O)n1. The molecule has 0 bridgehead atoms. The van der Waals surface area contributed by atoms with Crippen molar-refractivity contribution in [1.82, 2.24) is 9.78 Å². The van der Waals surface area contributed by atoms with E-state index < -0.39 is 17.1 Å². The van der Waals surface area contributed by atoms with Crippen LogP contribution in [0.5, 0.6) is 0 Å². The molecule has 0 aliphatic rings. The maximum atomic E-state index is 10.8. The van der Waals surface area contributed by atoms with Gasteiger partial charge in [-0.3, -0.25) is 4.68 Å². The number of aliphatic hydroxyl groups excluding tert-OH is 1. The van der Waals surface area contributed by atoms with Crippen LogP contribution in [0.1, 0.15) is 13.3 Å². The highest BCUT2D eigenvalue weighted by Crippen LogP contribution is 2.00. The molecule has 13 heavy (non-hydrogen) atoms. The molecule has 1 rings (SSSR count). The number of aromatic nitrogens is 2. The van der Waals surface area contributed by atoms with Gasteiger partial charge < -0.3 is 5.11 Å². The summed E-state index contributed by atoms with van der Waals surface area (Å²) in [5.41, 5.74) is 0.